The summed E-state index contributed by atoms with van der Waals surface area (Å²) < 4.78 is 4.91. The summed E-state index contributed by atoms with van der Waals surface area (Å²) in [4.78, 5) is 16.2. The van der Waals surface area contributed by atoms with Crippen molar-refractivity contribution in [1.82, 2.24) is 10.6 Å². The highest BCUT2D eigenvalue weighted by atomic mass is 16.5. The molecule has 1 unspecified atom stereocenters. The Bertz CT molecular complexity index is 336. The van der Waals surface area contributed by atoms with Crippen LogP contribution in [0, 0.1) is 5.41 Å². The number of hydrogen-bond donors (Lipinski definition) is 2. The molecule has 1 atom stereocenters. The smallest absolute Gasteiger partial charge is 0.252 e. The topological polar surface area (TPSA) is 62.7 Å². The van der Waals surface area contributed by atoms with E-state index in [9.17, 15) is 4.79 Å². The maximum absolute atomic E-state index is 11.9. The van der Waals surface area contributed by atoms with Gasteiger partial charge in [-0.1, -0.05) is 6.92 Å². The Labute approximate surface area is 95.6 Å². The molecule has 2 fully saturated rings. The normalized spacial score (nSPS) is 33.7. The molecule has 1 amide bonds. The van der Waals surface area contributed by atoms with Crippen LogP contribution in [0.25, 0.3) is 0 Å². The molecular formula is C11H19N3O2. The van der Waals surface area contributed by atoms with Crippen molar-refractivity contribution in [2.24, 2.45) is 10.4 Å². The number of carbonyl (C=O) groups excluding carboxylic acids is 1. The minimum atomic E-state index is -0.501. The van der Waals surface area contributed by atoms with E-state index < -0.39 is 5.54 Å². The maximum atomic E-state index is 11.9. The van der Waals surface area contributed by atoms with E-state index in [0.717, 1.165) is 12.8 Å². The SMILES string of the molecule is COCCN=C1NC(=O)C(C)(C2(C)CC2)N1. The second-order valence-corrected chi connectivity index (χ2v) is 4.99. The van der Waals surface area contributed by atoms with Gasteiger partial charge in [0.2, 0.25) is 0 Å². The van der Waals surface area contributed by atoms with Crippen molar-refractivity contribution in [3.63, 3.8) is 0 Å². The quantitative estimate of drug-likeness (QED) is 0.675. The van der Waals surface area contributed by atoms with Gasteiger partial charge in [0, 0.05) is 7.11 Å². The first-order valence-electron chi connectivity index (χ1n) is 5.65. The molecule has 5 heteroatoms. The molecule has 0 aromatic heterocycles. The van der Waals surface area contributed by atoms with E-state index in [0.29, 0.717) is 19.1 Å². The Kier molecular flexibility index (Phi) is 2.66. The summed E-state index contributed by atoms with van der Waals surface area (Å²) >= 11 is 0. The molecule has 2 rings (SSSR count). The monoisotopic (exact) mass is 225 g/mol. The van der Waals surface area contributed by atoms with E-state index in [4.69, 9.17) is 4.74 Å². The van der Waals surface area contributed by atoms with Crippen LogP contribution >= 0.6 is 0 Å². The van der Waals surface area contributed by atoms with Crippen LogP contribution in [0.3, 0.4) is 0 Å². The number of aliphatic imine (C=N–C) groups is 1. The highest BCUT2D eigenvalue weighted by Gasteiger charge is 2.60. The Morgan fingerprint density at radius 3 is 2.69 bits per heavy atom. The molecule has 16 heavy (non-hydrogen) atoms. The maximum Gasteiger partial charge on any atom is 0.252 e. The van der Waals surface area contributed by atoms with E-state index in [1.165, 1.54) is 0 Å². The molecule has 1 aliphatic heterocycles. The molecule has 0 spiro atoms. The lowest BCUT2D eigenvalue weighted by Gasteiger charge is -2.28. The number of amides is 1. The van der Waals surface area contributed by atoms with Gasteiger partial charge in [-0.15, -0.1) is 0 Å². The zero-order chi connectivity index (χ0) is 11.8. The molecule has 0 bridgehead atoms. The van der Waals surface area contributed by atoms with Crippen LogP contribution in [0.2, 0.25) is 0 Å². The third-order valence-corrected chi connectivity index (χ3v) is 3.83. The number of hydrogen-bond acceptors (Lipinski definition) is 3. The predicted octanol–water partition coefficient (Wildman–Crippen LogP) is 0.267. The van der Waals surface area contributed by atoms with E-state index in [1.54, 1.807) is 7.11 Å². The van der Waals surface area contributed by atoms with Crippen molar-refractivity contribution >= 4 is 11.9 Å². The molecule has 0 aromatic carbocycles. The number of carbonyl (C=O) groups is 1. The van der Waals surface area contributed by atoms with Gasteiger partial charge in [0.1, 0.15) is 5.54 Å². The third kappa shape index (κ3) is 1.69. The summed E-state index contributed by atoms with van der Waals surface area (Å²) in [5, 5.41) is 6.01. The lowest BCUT2D eigenvalue weighted by molar-refractivity contribution is -0.125. The van der Waals surface area contributed by atoms with Crippen LogP contribution in [0.1, 0.15) is 26.7 Å². The molecule has 1 saturated carbocycles. The average Bonchev–Trinajstić information content (AvgIpc) is 2.91. The van der Waals surface area contributed by atoms with Crippen molar-refractivity contribution in [2.75, 3.05) is 20.3 Å². The summed E-state index contributed by atoms with van der Waals surface area (Å²) in [5.41, 5.74) is -0.422. The first kappa shape index (κ1) is 11.4. The van der Waals surface area contributed by atoms with Gasteiger partial charge in [0.25, 0.3) is 5.91 Å². The zero-order valence-electron chi connectivity index (χ0n) is 10.1. The van der Waals surface area contributed by atoms with Crippen LogP contribution in [0.15, 0.2) is 4.99 Å². The van der Waals surface area contributed by atoms with Crippen LogP contribution < -0.4 is 10.6 Å². The largest absolute Gasteiger partial charge is 0.383 e. The fourth-order valence-electron chi connectivity index (χ4n) is 2.00. The lowest BCUT2D eigenvalue weighted by Crippen LogP contribution is -2.50. The van der Waals surface area contributed by atoms with Crippen molar-refractivity contribution in [3.05, 3.63) is 0 Å². The summed E-state index contributed by atoms with van der Waals surface area (Å²) in [7, 11) is 1.64. The summed E-state index contributed by atoms with van der Waals surface area (Å²) in [6.07, 6.45) is 2.19. The van der Waals surface area contributed by atoms with Crippen LogP contribution in [-0.2, 0) is 9.53 Å². The molecule has 2 aliphatic rings. The molecule has 1 aliphatic carbocycles. The van der Waals surface area contributed by atoms with Crippen molar-refractivity contribution < 1.29 is 9.53 Å². The van der Waals surface area contributed by atoms with Crippen molar-refractivity contribution in [2.45, 2.75) is 32.2 Å². The predicted molar refractivity (Wildman–Crippen MR) is 61.2 cm³/mol. The molecule has 1 heterocycles. The van der Waals surface area contributed by atoms with Gasteiger partial charge in [-0.25, -0.2) is 0 Å². The standard InChI is InChI=1S/C11H19N3O2/c1-10(4-5-10)11(2)8(15)13-9(14-11)12-6-7-16-3/h4-7H2,1-3H3,(H2,12,13,14,15). The van der Waals surface area contributed by atoms with Gasteiger partial charge in [-0.3, -0.25) is 15.1 Å². The van der Waals surface area contributed by atoms with Crippen molar-refractivity contribution in [3.8, 4) is 0 Å². The molecule has 0 aromatic rings. The fraction of sp³-hybridized carbons (Fsp3) is 0.818. The highest BCUT2D eigenvalue weighted by Crippen LogP contribution is 2.54. The Balaban J connectivity index is 2.04. The van der Waals surface area contributed by atoms with Crippen molar-refractivity contribution in [1.29, 1.82) is 0 Å². The van der Waals surface area contributed by atoms with E-state index in [-0.39, 0.29) is 11.3 Å². The Hall–Kier alpha value is -1.10. The second-order valence-electron chi connectivity index (χ2n) is 4.99. The molecule has 90 valence electrons. The molecule has 1 saturated heterocycles. The number of nitrogens with zero attached hydrogens (tertiary/aromatic N) is 1. The second kappa shape index (κ2) is 3.73. The minimum absolute atomic E-state index is 0.0312. The van der Waals surface area contributed by atoms with Gasteiger partial charge in [-0.2, -0.15) is 0 Å². The summed E-state index contributed by atoms with van der Waals surface area (Å²) in [6, 6.07) is 0. The number of ether oxygens (including phenoxy) is 1. The number of guanidine groups is 1. The minimum Gasteiger partial charge on any atom is -0.383 e. The van der Waals surface area contributed by atoms with E-state index in [2.05, 4.69) is 22.5 Å². The van der Waals surface area contributed by atoms with E-state index >= 15 is 0 Å². The van der Waals surface area contributed by atoms with Crippen LogP contribution in [0.4, 0.5) is 0 Å². The summed E-state index contributed by atoms with van der Waals surface area (Å²) in [5.74, 6) is 0.612. The zero-order valence-corrected chi connectivity index (χ0v) is 10.1. The van der Waals surface area contributed by atoms with Gasteiger partial charge in [0.05, 0.1) is 13.2 Å². The highest BCUT2D eigenvalue weighted by molar-refractivity contribution is 6.09. The van der Waals surface area contributed by atoms with Gasteiger partial charge in [0.15, 0.2) is 5.96 Å². The molecular weight excluding hydrogens is 206 g/mol. The number of nitrogens with one attached hydrogen (secondary N) is 2. The number of methoxy groups -OCH3 is 1. The van der Waals surface area contributed by atoms with Gasteiger partial charge in [-0.05, 0) is 25.2 Å². The summed E-state index contributed by atoms with van der Waals surface area (Å²) in [6.45, 7) is 5.22. The van der Waals surface area contributed by atoms with E-state index in [1.807, 2.05) is 6.92 Å². The first-order chi connectivity index (χ1) is 7.52. The molecule has 5 nitrogen and oxygen atoms in total. The molecule has 0 radical (unpaired) electrons. The van der Waals surface area contributed by atoms with Crippen LogP contribution in [0.5, 0.6) is 0 Å². The van der Waals surface area contributed by atoms with Gasteiger partial charge < -0.3 is 10.1 Å². The lowest BCUT2D eigenvalue weighted by atomic mass is 9.84. The first-order valence-corrected chi connectivity index (χ1v) is 5.65. The van der Waals surface area contributed by atoms with Gasteiger partial charge >= 0.3 is 0 Å². The van der Waals surface area contributed by atoms with Crippen LogP contribution in [-0.4, -0.2) is 37.7 Å². The Morgan fingerprint density at radius 2 is 2.12 bits per heavy atom. The Morgan fingerprint density at radius 1 is 1.44 bits per heavy atom. The number of rotatable bonds is 4. The molecule has 2 N–H and O–H groups in total. The third-order valence-electron chi connectivity index (χ3n) is 3.83. The fourth-order valence-corrected chi connectivity index (χ4v) is 2.00. The average molecular weight is 225 g/mol.